The Morgan fingerprint density at radius 1 is 1.58 bits per heavy atom. The van der Waals surface area contributed by atoms with Crippen molar-refractivity contribution in [1.29, 1.82) is 0 Å². The van der Waals surface area contributed by atoms with E-state index in [9.17, 15) is 0 Å². The van der Waals surface area contributed by atoms with Crippen molar-refractivity contribution >= 4 is 12.3 Å². The van der Waals surface area contributed by atoms with Gasteiger partial charge in [0, 0.05) is 12.9 Å². The average Bonchev–Trinajstić information content (AvgIpc) is 2.49. The molecule has 0 fully saturated rings. The van der Waals surface area contributed by atoms with Gasteiger partial charge in [0.15, 0.2) is 0 Å². The van der Waals surface area contributed by atoms with Crippen LogP contribution in [0.15, 0.2) is 30.0 Å². The molecule has 0 aliphatic rings. The van der Waals surface area contributed by atoms with Crippen molar-refractivity contribution in [3.8, 4) is 0 Å². The highest BCUT2D eigenvalue weighted by Crippen LogP contribution is 2.20. The van der Waals surface area contributed by atoms with Crippen LogP contribution in [0.4, 0.5) is 0 Å². The maximum atomic E-state index is 4.00. The summed E-state index contributed by atoms with van der Waals surface area (Å²) in [5, 5.41) is 3.84. The molecule has 12 heavy (non-hydrogen) atoms. The van der Waals surface area contributed by atoms with E-state index < -0.39 is 0 Å². The minimum absolute atomic E-state index is 0.445. The van der Waals surface area contributed by atoms with Crippen molar-refractivity contribution < 1.29 is 0 Å². The summed E-state index contributed by atoms with van der Waals surface area (Å²) in [6.07, 6.45) is 1.87. The van der Waals surface area contributed by atoms with E-state index in [2.05, 4.69) is 32.2 Å². The predicted molar refractivity (Wildman–Crippen MR) is 53.3 cm³/mol. The highest BCUT2D eigenvalue weighted by Gasteiger charge is 2.06. The number of nitrogens with zero attached hydrogens (tertiary/aromatic N) is 2. The lowest BCUT2D eigenvalue weighted by Crippen LogP contribution is -1.97. The molecule has 0 aliphatic carbocycles. The fraction of sp³-hybridized carbons (Fsp3) is 0.300. The van der Waals surface area contributed by atoms with Crippen molar-refractivity contribution in [2.75, 3.05) is 0 Å². The van der Waals surface area contributed by atoms with E-state index >= 15 is 0 Å². The minimum atomic E-state index is 0.445. The van der Waals surface area contributed by atoms with Gasteiger partial charge in [-0.1, -0.05) is 20.4 Å². The Hall–Kier alpha value is -1.31. The van der Waals surface area contributed by atoms with E-state index in [1.165, 1.54) is 0 Å². The molecule has 0 N–H and O–H groups in total. The van der Waals surface area contributed by atoms with Crippen molar-refractivity contribution in [2.24, 2.45) is 11.0 Å². The standard InChI is InChI=1S/C10H14N2/c1-8(2)9(3)10-6-5-7-12(10)11-4/h5-8H,3-4H2,1-2H3. The molecule has 0 amide bonds. The Balaban J connectivity index is 3.01. The minimum Gasteiger partial charge on any atom is -0.241 e. The van der Waals surface area contributed by atoms with E-state index in [4.69, 9.17) is 0 Å². The van der Waals surface area contributed by atoms with Crippen LogP contribution >= 0.6 is 0 Å². The molecule has 0 saturated carbocycles. The Bertz CT molecular complexity index is 295. The van der Waals surface area contributed by atoms with Crippen molar-refractivity contribution in [2.45, 2.75) is 13.8 Å². The summed E-state index contributed by atoms with van der Waals surface area (Å²) in [7, 11) is 0. The average molecular weight is 162 g/mol. The highest BCUT2D eigenvalue weighted by molar-refractivity contribution is 5.62. The van der Waals surface area contributed by atoms with Crippen LogP contribution in [0.25, 0.3) is 5.57 Å². The molecule has 0 spiro atoms. The third-order valence-electron chi connectivity index (χ3n) is 1.91. The third kappa shape index (κ3) is 1.47. The maximum absolute atomic E-state index is 4.00. The van der Waals surface area contributed by atoms with Gasteiger partial charge in [0.2, 0.25) is 0 Å². The zero-order valence-electron chi connectivity index (χ0n) is 7.62. The van der Waals surface area contributed by atoms with E-state index in [-0.39, 0.29) is 0 Å². The second kappa shape index (κ2) is 3.39. The molecule has 0 atom stereocenters. The predicted octanol–water partition coefficient (Wildman–Crippen LogP) is 2.62. The van der Waals surface area contributed by atoms with Crippen LogP contribution in [0, 0.1) is 5.92 Å². The van der Waals surface area contributed by atoms with E-state index in [0.29, 0.717) is 5.92 Å². The maximum Gasteiger partial charge on any atom is 0.0674 e. The summed E-state index contributed by atoms with van der Waals surface area (Å²) >= 11 is 0. The molecule has 0 unspecified atom stereocenters. The van der Waals surface area contributed by atoms with E-state index in [1.807, 2.05) is 18.3 Å². The van der Waals surface area contributed by atoms with Gasteiger partial charge in [-0.25, -0.2) is 4.68 Å². The quantitative estimate of drug-likeness (QED) is 0.608. The summed E-state index contributed by atoms with van der Waals surface area (Å²) in [6.45, 7) is 11.7. The smallest absolute Gasteiger partial charge is 0.0674 e. The molecule has 0 saturated heterocycles. The molecule has 0 aromatic carbocycles. The topological polar surface area (TPSA) is 17.3 Å². The van der Waals surface area contributed by atoms with Gasteiger partial charge in [-0.15, -0.1) is 0 Å². The fourth-order valence-corrected chi connectivity index (χ4v) is 1.05. The monoisotopic (exact) mass is 162 g/mol. The molecule has 1 aromatic heterocycles. The molecular formula is C10H14N2. The Kier molecular flexibility index (Phi) is 2.48. The summed E-state index contributed by atoms with van der Waals surface area (Å²) in [5.74, 6) is 0.445. The summed E-state index contributed by atoms with van der Waals surface area (Å²) in [6, 6.07) is 3.94. The van der Waals surface area contributed by atoms with E-state index in [1.54, 1.807) is 4.68 Å². The molecule has 64 valence electrons. The van der Waals surface area contributed by atoms with Gasteiger partial charge in [0.1, 0.15) is 0 Å². The SMILES string of the molecule is C=Nn1cccc1C(=C)C(C)C. The lowest BCUT2D eigenvalue weighted by atomic mass is 10.0. The first-order chi connectivity index (χ1) is 5.66. The van der Waals surface area contributed by atoms with Crippen molar-refractivity contribution in [1.82, 2.24) is 4.68 Å². The van der Waals surface area contributed by atoms with E-state index in [0.717, 1.165) is 11.3 Å². The van der Waals surface area contributed by atoms with Gasteiger partial charge >= 0.3 is 0 Å². The lowest BCUT2D eigenvalue weighted by molar-refractivity contribution is 0.812. The Labute approximate surface area is 73.2 Å². The molecule has 2 heteroatoms. The Morgan fingerprint density at radius 3 is 2.75 bits per heavy atom. The first-order valence-corrected chi connectivity index (χ1v) is 4.00. The van der Waals surface area contributed by atoms with Crippen LogP contribution < -0.4 is 0 Å². The fourth-order valence-electron chi connectivity index (χ4n) is 1.05. The van der Waals surface area contributed by atoms with Crippen LogP contribution in [-0.4, -0.2) is 11.4 Å². The number of allylic oxidation sites excluding steroid dienone is 1. The van der Waals surface area contributed by atoms with Crippen LogP contribution in [0.5, 0.6) is 0 Å². The molecule has 0 bridgehead atoms. The molecule has 1 aromatic rings. The number of aromatic nitrogens is 1. The molecule has 1 heterocycles. The largest absolute Gasteiger partial charge is 0.241 e. The number of rotatable bonds is 3. The Morgan fingerprint density at radius 2 is 2.25 bits per heavy atom. The van der Waals surface area contributed by atoms with Crippen LogP contribution in [0.2, 0.25) is 0 Å². The number of hydrogen-bond donors (Lipinski definition) is 0. The van der Waals surface area contributed by atoms with Gasteiger partial charge < -0.3 is 0 Å². The normalized spacial score (nSPS) is 10.2. The van der Waals surface area contributed by atoms with Gasteiger partial charge in [0.05, 0.1) is 5.69 Å². The lowest BCUT2D eigenvalue weighted by Gasteiger charge is -2.09. The van der Waals surface area contributed by atoms with Crippen molar-refractivity contribution in [3.63, 3.8) is 0 Å². The van der Waals surface area contributed by atoms with Gasteiger partial charge in [0.25, 0.3) is 0 Å². The third-order valence-corrected chi connectivity index (χ3v) is 1.91. The van der Waals surface area contributed by atoms with Crippen molar-refractivity contribution in [3.05, 3.63) is 30.6 Å². The second-order valence-electron chi connectivity index (χ2n) is 3.06. The molecule has 2 nitrogen and oxygen atoms in total. The van der Waals surface area contributed by atoms with Gasteiger partial charge in [-0.2, -0.15) is 5.10 Å². The molecule has 1 rings (SSSR count). The second-order valence-corrected chi connectivity index (χ2v) is 3.06. The molecule has 0 radical (unpaired) electrons. The van der Waals surface area contributed by atoms with Crippen LogP contribution in [0.1, 0.15) is 19.5 Å². The summed E-state index contributed by atoms with van der Waals surface area (Å²) in [4.78, 5) is 0. The number of hydrogen-bond acceptors (Lipinski definition) is 1. The highest BCUT2D eigenvalue weighted by atomic mass is 15.3. The zero-order chi connectivity index (χ0) is 9.14. The van der Waals surface area contributed by atoms with Gasteiger partial charge in [-0.05, 0) is 23.6 Å². The zero-order valence-corrected chi connectivity index (χ0v) is 7.62. The first-order valence-electron chi connectivity index (χ1n) is 4.00. The van der Waals surface area contributed by atoms with Crippen LogP contribution in [0.3, 0.4) is 0 Å². The summed E-state index contributed by atoms with van der Waals surface area (Å²) in [5.41, 5.74) is 2.13. The van der Waals surface area contributed by atoms with Gasteiger partial charge in [-0.3, -0.25) is 0 Å². The first kappa shape index (κ1) is 8.78. The van der Waals surface area contributed by atoms with Crippen LogP contribution in [-0.2, 0) is 0 Å². The molecule has 0 aliphatic heterocycles. The molecular weight excluding hydrogens is 148 g/mol. The summed E-state index contributed by atoms with van der Waals surface area (Å²) < 4.78 is 1.74.